The number of rotatable bonds is 8. The Morgan fingerprint density at radius 2 is 1.95 bits per heavy atom. The summed E-state index contributed by atoms with van der Waals surface area (Å²) in [6.07, 6.45) is 5.92. The largest absolute Gasteiger partial charge is 0.314 e. The lowest BCUT2D eigenvalue weighted by Gasteiger charge is -2.04. The molecule has 106 valence electrons. The van der Waals surface area contributed by atoms with E-state index in [0.29, 0.717) is 0 Å². The third-order valence-corrected chi connectivity index (χ3v) is 3.51. The first kappa shape index (κ1) is 13.3. The van der Waals surface area contributed by atoms with Gasteiger partial charge >= 0.3 is 0 Å². The van der Waals surface area contributed by atoms with E-state index in [2.05, 4.69) is 33.9 Å². The van der Waals surface area contributed by atoms with E-state index in [0.717, 1.165) is 37.1 Å². The second-order valence-electron chi connectivity index (χ2n) is 5.35. The van der Waals surface area contributed by atoms with E-state index in [-0.39, 0.29) is 0 Å². The van der Waals surface area contributed by atoms with Crippen LogP contribution in [0.15, 0.2) is 42.6 Å². The van der Waals surface area contributed by atoms with Gasteiger partial charge in [0.25, 0.3) is 0 Å². The summed E-state index contributed by atoms with van der Waals surface area (Å²) in [5.41, 5.74) is 2.19. The Bertz CT molecular complexity index is 516. The molecule has 0 spiro atoms. The molecule has 0 atom stereocenters. The van der Waals surface area contributed by atoms with Crippen molar-refractivity contribution in [3.8, 4) is 5.69 Å². The second kappa shape index (κ2) is 6.68. The van der Waals surface area contributed by atoms with Gasteiger partial charge in [-0.2, -0.15) is 5.10 Å². The SMILES string of the molecule is c1ccc(-n2ccc(CNCCCNC3CC3)n2)cc1. The quantitative estimate of drug-likeness (QED) is 0.722. The maximum absolute atomic E-state index is 4.58. The van der Waals surface area contributed by atoms with Crippen LogP contribution in [0.25, 0.3) is 5.69 Å². The van der Waals surface area contributed by atoms with Gasteiger partial charge in [0.1, 0.15) is 0 Å². The van der Waals surface area contributed by atoms with Crippen LogP contribution in [-0.2, 0) is 6.54 Å². The fourth-order valence-corrected chi connectivity index (χ4v) is 2.20. The van der Waals surface area contributed by atoms with Gasteiger partial charge in [0.05, 0.1) is 11.4 Å². The lowest BCUT2D eigenvalue weighted by atomic mass is 10.3. The predicted octanol–water partition coefficient (Wildman–Crippen LogP) is 2.10. The molecule has 1 saturated carbocycles. The van der Waals surface area contributed by atoms with Crippen molar-refractivity contribution in [3.05, 3.63) is 48.3 Å². The molecule has 0 saturated heterocycles. The molecule has 2 aromatic rings. The third kappa shape index (κ3) is 3.92. The Morgan fingerprint density at radius 3 is 2.75 bits per heavy atom. The molecule has 0 amide bonds. The zero-order chi connectivity index (χ0) is 13.6. The van der Waals surface area contributed by atoms with Gasteiger partial charge in [-0.3, -0.25) is 0 Å². The van der Waals surface area contributed by atoms with Crippen molar-refractivity contribution >= 4 is 0 Å². The van der Waals surface area contributed by atoms with Crippen LogP contribution in [0.2, 0.25) is 0 Å². The normalized spacial score (nSPS) is 14.6. The summed E-state index contributed by atoms with van der Waals surface area (Å²) in [6.45, 7) is 3.00. The number of hydrogen-bond acceptors (Lipinski definition) is 3. The van der Waals surface area contributed by atoms with Crippen LogP contribution >= 0.6 is 0 Å². The lowest BCUT2D eigenvalue weighted by molar-refractivity contribution is 0.587. The molecule has 1 heterocycles. The fraction of sp³-hybridized carbons (Fsp3) is 0.438. The smallest absolute Gasteiger partial charge is 0.0766 e. The summed E-state index contributed by atoms with van der Waals surface area (Å²) in [5, 5.41) is 11.5. The zero-order valence-corrected chi connectivity index (χ0v) is 11.8. The molecular weight excluding hydrogens is 248 g/mol. The van der Waals surface area contributed by atoms with Crippen LogP contribution in [0.3, 0.4) is 0 Å². The Hall–Kier alpha value is -1.65. The molecule has 0 bridgehead atoms. The summed E-state index contributed by atoms with van der Waals surface area (Å²) in [4.78, 5) is 0. The molecule has 1 fully saturated rings. The number of nitrogens with zero attached hydrogens (tertiary/aromatic N) is 2. The van der Waals surface area contributed by atoms with Gasteiger partial charge in [0, 0.05) is 18.8 Å². The monoisotopic (exact) mass is 270 g/mol. The van der Waals surface area contributed by atoms with Gasteiger partial charge in [0.15, 0.2) is 0 Å². The highest BCUT2D eigenvalue weighted by Crippen LogP contribution is 2.18. The Balaban J connectivity index is 1.38. The van der Waals surface area contributed by atoms with Crippen LogP contribution < -0.4 is 10.6 Å². The maximum atomic E-state index is 4.58. The predicted molar refractivity (Wildman–Crippen MR) is 80.9 cm³/mol. The minimum absolute atomic E-state index is 0.816. The van der Waals surface area contributed by atoms with Gasteiger partial charge in [-0.1, -0.05) is 18.2 Å². The highest BCUT2D eigenvalue weighted by molar-refractivity contribution is 5.30. The van der Waals surface area contributed by atoms with E-state index in [9.17, 15) is 0 Å². The Kier molecular flexibility index (Phi) is 4.46. The van der Waals surface area contributed by atoms with Crippen molar-refractivity contribution in [1.29, 1.82) is 0 Å². The van der Waals surface area contributed by atoms with E-state index in [1.807, 2.05) is 29.1 Å². The van der Waals surface area contributed by atoms with Gasteiger partial charge in [-0.05, 0) is 50.6 Å². The fourth-order valence-electron chi connectivity index (χ4n) is 2.20. The summed E-state index contributed by atoms with van der Waals surface area (Å²) in [7, 11) is 0. The molecular formula is C16H22N4. The van der Waals surface area contributed by atoms with Crippen molar-refractivity contribution < 1.29 is 0 Å². The topological polar surface area (TPSA) is 41.9 Å². The van der Waals surface area contributed by atoms with Gasteiger partial charge in [-0.25, -0.2) is 4.68 Å². The zero-order valence-electron chi connectivity index (χ0n) is 11.8. The van der Waals surface area contributed by atoms with E-state index in [4.69, 9.17) is 0 Å². The number of hydrogen-bond donors (Lipinski definition) is 2. The molecule has 0 aliphatic heterocycles. The molecule has 0 radical (unpaired) electrons. The first-order valence-corrected chi connectivity index (χ1v) is 7.46. The minimum Gasteiger partial charge on any atom is -0.314 e. The molecule has 3 rings (SSSR count). The van der Waals surface area contributed by atoms with Gasteiger partial charge < -0.3 is 10.6 Å². The maximum Gasteiger partial charge on any atom is 0.0766 e. The van der Waals surface area contributed by atoms with Gasteiger partial charge in [0.2, 0.25) is 0 Å². The molecule has 2 N–H and O–H groups in total. The van der Waals surface area contributed by atoms with Crippen LogP contribution in [0.5, 0.6) is 0 Å². The summed E-state index contributed by atoms with van der Waals surface area (Å²) in [5.74, 6) is 0. The number of nitrogens with one attached hydrogen (secondary N) is 2. The minimum atomic E-state index is 0.816. The molecule has 4 heteroatoms. The highest BCUT2D eigenvalue weighted by atomic mass is 15.3. The number of benzene rings is 1. The number of aromatic nitrogens is 2. The first-order chi connectivity index (χ1) is 9.92. The standard InChI is InChI=1S/C16H22N4/c1-2-5-16(6-3-1)20-12-9-15(19-20)13-17-10-4-11-18-14-7-8-14/h1-3,5-6,9,12,14,17-18H,4,7-8,10-11,13H2. The molecule has 1 aromatic heterocycles. The van der Waals surface area contributed by atoms with E-state index in [1.165, 1.54) is 19.3 Å². The van der Waals surface area contributed by atoms with Gasteiger partial charge in [-0.15, -0.1) is 0 Å². The summed E-state index contributed by atoms with van der Waals surface area (Å²) in [6, 6.07) is 13.1. The third-order valence-electron chi connectivity index (χ3n) is 3.51. The van der Waals surface area contributed by atoms with Crippen molar-refractivity contribution in [2.45, 2.75) is 31.8 Å². The highest BCUT2D eigenvalue weighted by Gasteiger charge is 2.19. The Morgan fingerprint density at radius 1 is 1.10 bits per heavy atom. The van der Waals surface area contributed by atoms with Crippen molar-refractivity contribution in [2.75, 3.05) is 13.1 Å². The van der Waals surface area contributed by atoms with Crippen LogP contribution in [-0.4, -0.2) is 28.9 Å². The van der Waals surface area contributed by atoms with Crippen molar-refractivity contribution in [2.24, 2.45) is 0 Å². The molecule has 0 unspecified atom stereocenters. The molecule has 20 heavy (non-hydrogen) atoms. The van der Waals surface area contributed by atoms with E-state index < -0.39 is 0 Å². The van der Waals surface area contributed by atoms with Crippen molar-refractivity contribution in [3.63, 3.8) is 0 Å². The summed E-state index contributed by atoms with van der Waals surface area (Å²) < 4.78 is 1.92. The van der Waals surface area contributed by atoms with Crippen molar-refractivity contribution in [1.82, 2.24) is 20.4 Å². The first-order valence-electron chi connectivity index (χ1n) is 7.46. The average Bonchev–Trinajstić information content (AvgIpc) is 3.20. The molecule has 1 aliphatic carbocycles. The summed E-state index contributed by atoms with van der Waals surface area (Å²) >= 11 is 0. The van der Waals surface area contributed by atoms with E-state index >= 15 is 0 Å². The molecule has 1 aliphatic rings. The molecule has 4 nitrogen and oxygen atoms in total. The van der Waals surface area contributed by atoms with Crippen LogP contribution in [0.4, 0.5) is 0 Å². The number of para-hydroxylation sites is 1. The Labute approximate surface area is 120 Å². The average molecular weight is 270 g/mol. The lowest BCUT2D eigenvalue weighted by Crippen LogP contribution is -2.23. The van der Waals surface area contributed by atoms with Crippen LogP contribution in [0, 0.1) is 0 Å². The van der Waals surface area contributed by atoms with Crippen LogP contribution in [0.1, 0.15) is 25.0 Å². The van der Waals surface area contributed by atoms with E-state index in [1.54, 1.807) is 0 Å². The second-order valence-corrected chi connectivity index (χ2v) is 5.35. The molecule has 1 aromatic carbocycles.